The lowest BCUT2D eigenvalue weighted by atomic mass is 9.94. The molecule has 1 fully saturated rings. The Morgan fingerprint density at radius 2 is 2.00 bits per heavy atom. The van der Waals surface area contributed by atoms with Gasteiger partial charge >= 0.3 is 12.0 Å². The molecule has 0 aromatic heterocycles. The monoisotopic (exact) mass is 404 g/mol. The van der Waals surface area contributed by atoms with Crippen molar-refractivity contribution in [3.8, 4) is 11.5 Å². The first kappa shape index (κ1) is 20.9. The number of ether oxygens (including phenoxy) is 2. The van der Waals surface area contributed by atoms with Crippen molar-refractivity contribution in [2.75, 3.05) is 53.5 Å². The lowest BCUT2D eigenvalue weighted by Crippen LogP contribution is -2.51. The maximum absolute atomic E-state index is 12.7. The number of carbonyl (C=O) groups is 2. The Morgan fingerprint density at radius 1 is 1.28 bits per heavy atom. The number of methoxy groups -OCH3 is 1. The highest BCUT2D eigenvalue weighted by atomic mass is 16.5. The molecule has 3 N–H and O–H groups in total. The van der Waals surface area contributed by atoms with Crippen molar-refractivity contribution in [1.82, 2.24) is 20.4 Å². The fourth-order valence-electron chi connectivity index (χ4n) is 3.55. The zero-order valence-corrected chi connectivity index (χ0v) is 17.0. The molecule has 29 heavy (non-hydrogen) atoms. The van der Waals surface area contributed by atoms with Crippen molar-refractivity contribution in [3.05, 3.63) is 35.0 Å². The quantitative estimate of drug-likeness (QED) is 0.603. The largest absolute Gasteiger partial charge is 0.504 e. The van der Waals surface area contributed by atoms with Gasteiger partial charge in [-0.05, 0) is 31.7 Å². The Kier molecular flexibility index (Phi) is 6.60. The summed E-state index contributed by atoms with van der Waals surface area (Å²) in [4.78, 5) is 29.5. The van der Waals surface area contributed by atoms with Crippen LogP contribution in [0.15, 0.2) is 29.5 Å². The molecule has 0 unspecified atom stereocenters. The van der Waals surface area contributed by atoms with E-state index in [1.54, 1.807) is 12.1 Å². The van der Waals surface area contributed by atoms with E-state index in [1.807, 2.05) is 6.92 Å². The van der Waals surface area contributed by atoms with Crippen molar-refractivity contribution in [1.29, 1.82) is 0 Å². The van der Waals surface area contributed by atoms with E-state index in [0.717, 1.165) is 26.2 Å². The molecule has 158 valence electrons. The van der Waals surface area contributed by atoms with Crippen LogP contribution in [0.4, 0.5) is 4.79 Å². The highest BCUT2D eigenvalue weighted by Gasteiger charge is 2.34. The molecule has 0 spiro atoms. The minimum absolute atomic E-state index is 0.00267. The number of piperazine rings is 1. The van der Waals surface area contributed by atoms with Gasteiger partial charge < -0.3 is 30.1 Å². The molecule has 1 atom stereocenters. The van der Waals surface area contributed by atoms with E-state index in [9.17, 15) is 14.7 Å². The molecule has 1 saturated heterocycles. The van der Waals surface area contributed by atoms with Gasteiger partial charge in [-0.15, -0.1) is 0 Å². The zero-order chi connectivity index (χ0) is 21.0. The van der Waals surface area contributed by atoms with Crippen molar-refractivity contribution >= 4 is 12.0 Å². The normalized spacial score (nSPS) is 20.8. The molecule has 0 bridgehead atoms. The molecule has 0 radical (unpaired) electrons. The van der Waals surface area contributed by atoms with E-state index < -0.39 is 18.0 Å². The molecule has 2 amide bonds. The first-order valence-corrected chi connectivity index (χ1v) is 9.68. The van der Waals surface area contributed by atoms with E-state index in [1.165, 1.54) is 13.2 Å². The van der Waals surface area contributed by atoms with Crippen LogP contribution in [-0.4, -0.2) is 80.4 Å². The molecular formula is C20H28N4O5. The van der Waals surface area contributed by atoms with Gasteiger partial charge in [0.2, 0.25) is 0 Å². The third kappa shape index (κ3) is 4.80. The van der Waals surface area contributed by atoms with Crippen LogP contribution in [0.3, 0.4) is 0 Å². The molecule has 1 aromatic rings. The molecule has 3 rings (SSSR count). The smallest absolute Gasteiger partial charge is 0.338 e. The summed E-state index contributed by atoms with van der Waals surface area (Å²) >= 11 is 0. The van der Waals surface area contributed by atoms with Crippen molar-refractivity contribution in [3.63, 3.8) is 0 Å². The summed E-state index contributed by atoms with van der Waals surface area (Å²) in [6, 6.07) is 3.68. The van der Waals surface area contributed by atoms with Gasteiger partial charge in [0.25, 0.3) is 0 Å². The summed E-state index contributed by atoms with van der Waals surface area (Å²) in [6.45, 7) is 6.17. The lowest BCUT2D eigenvalue weighted by molar-refractivity contribution is -0.136. The van der Waals surface area contributed by atoms with Crippen molar-refractivity contribution in [2.45, 2.75) is 13.0 Å². The third-order valence-electron chi connectivity index (χ3n) is 5.15. The summed E-state index contributed by atoms with van der Waals surface area (Å²) in [5.74, 6) is -0.225. The fourth-order valence-corrected chi connectivity index (χ4v) is 3.55. The van der Waals surface area contributed by atoms with Crippen molar-refractivity contribution < 1.29 is 24.2 Å². The highest BCUT2D eigenvalue weighted by Crippen LogP contribution is 2.34. The summed E-state index contributed by atoms with van der Waals surface area (Å²) in [6.07, 6.45) is 0. The predicted molar refractivity (Wildman–Crippen MR) is 107 cm³/mol. The number of urea groups is 1. The molecule has 9 heteroatoms. The first-order chi connectivity index (χ1) is 13.9. The van der Waals surface area contributed by atoms with E-state index in [2.05, 4.69) is 27.5 Å². The lowest BCUT2D eigenvalue weighted by Gasteiger charge is -2.35. The number of esters is 1. The standard InChI is InChI=1S/C20H28N4O5/c1-4-29-16-11-13(5-6-15(16)25)18-17(19(26)28-3)14(21-20(27)22-18)12-24-9-7-23(2)8-10-24/h5-6,11,18,25H,4,7-10,12H2,1-3H3,(H2,21,22,27)/t18-/m1/s1. The van der Waals surface area contributed by atoms with Crippen LogP contribution in [-0.2, 0) is 9.53 Å². The van der Waals surface area contributed by atoms with Gasteiger partial charge in [0.05, 0.1) is 25.3 Å². The number of nitrogens with zero attached hydrogens (tertiary/aromatic N) is 2. The van der Waals surface area contributed by atoms with Gasteiger partial charge in [-0.3, -0.25) is 4.90 Å². The van der Waals surface area contributed by atoms with Crippen LogP contribution in [0.25, 0.3) is 0 Å². The van der Waals surface area contributed by atoms with Crippen LogP contribution >= 0.6 is 0 Å². The number of phenolic OH excluding ortho intramolecular Hbond substituents is 1. The van der Waals surface area contributed by atoms with Gasteiger partial charge in [-0.25, -0.2) is 9.59 Å². The number of likely N-dealkylation sites (N-methyl/N-ethyl adjacent to an activating group) is 1. The third-order valence-corrected chi connectivity index (χ3v) is 5.15. The predicted octanol–water partition coefficient (Wildman–Crippen LogP) is 0.819. The summed E-state index contributed by atoms with van der Waals surface area (Å²) in [7, 11) is 3.39. The van der Waals surface area contributed by atoms with Gasteiger partial charge in [0, 0.05) is 38.4 Å². The number of hydrogen-bond acceptors (Lipinski definition) is 7. The minimum atomic E-state index is -0.710. The minimum Gasteiger partial charge on any atom is -0.504 e. The second-order valence-electron chi connectivity index (χ2n) is 7.15. The number of hydrogen-bond donors (Lipinski definition) is 3. The van der Waals surface area contributed by atoms with E-state index in [-0.39, 0.29) is 5.75 Å². The Hall–Kier alpha value is -2.78. The zero-order valence-electron chi connectivity index (χ0n) is 17.0. The number of aromatic hydroxyl groups is 1. The highest BCUT2D eigenvalue weighted by molar-refractivity contribution is 5.95. The number of nitrogens with one attached hydrogen (secondary N) is 2. The summed E-state index contributed by atoms with van der Waals surface area (Å²) < 4.78 is 10.5. The van der Waals surface area contributed by atoms with E-state index >= 15 is 0 Å². The molecular weight excluding hydrogens is 376 g/mol. The summed E-state index contributed by atoms with van der Waals surface area (Å²) in [5.41, 5.74) is 1.50. The first-order valence-electron chi connectivity index (χ1n) is 9.68. The number of carbonyl (C=O) groups excluding carboxylic acids is 2. The molecule has 2 aliphatic rings. The number of rotatable bonds is 6. The molecule has 2 heterocycles. The topological polar surface area (TPSA) is 103 Å². The van der Waals surface area contributed by atoms with Gasteiger partial charge in [0.1, 0.15) is 0 Å². The molecule has 0 aliphatic carbocycles. The average Bonchev–Trinajstić information content (AvgIpc) is 2.70. The van der Waals surface area contributed by atoms with Gasteiger partial charge in [-0.1, -0.05) is 6.07 Å². The fraction of sp³-hybridized carbons (Fsp3) is 0.500. The average molecular weight is 404 g/mol. The molecule has 1 aromatic carbocycles. The molecule has 9 nitrogen and oxygen atoms in total. The second-order valence-corrected chi connectivity index (χ2v) is 7.15. The molecule has 2 aliphatic heterocycles. The SMILES string of the molecule is CCOc1cc([C@H]2NC(=O)NC(CN3CCN(C)CC3)=C2C(=O)OC)ccc1O. The number of amides is 2. The van der Waals surface area contributed by atoms with Crippen LogP contribution in [0.5, 0.6) is 11.5 Å². The maximum atomic E-state index is 12.7. The van der Waals surface area contributed by atoms with Crippen LogP contribution in [0.2, 0.25) is 0 Å². The summed E-state index contributed by atoms with van der Waals surface area (Å²) in [5, 5.41) is 15.6. The van der Waals surface area contributed by atoms with Crippen molar-refractivity contribution in [2.24, 2.45) is 0 Å². The number of phenols is 1. The Labute approximate surface area is 170 Å². The van der Waals surface area contributed by atoms with Crippen LogP contribution < -0.4 is 15.4 Å². The van der Waals surface area contributed by atoms with E-state index in [0.29, 0.717) is 35.7 Å². The Balaban J connectivity index is 1.97. The van der Waals surface area contributed by atoms with E-state index in [4.69, 9.17) is 9.47 Å². The Morgan fingerprint density at radius 3 is 2.66 bits per heavy atom. The number of benzene rings is 1. The molecule has 0 saturated carbocycles. The van der Waals surface area contributed by atoms with Gasteiger partial charge in [-0.2, -0.15) is 0 Å². The Bertz CT molecular complexity index is 802. The van der Waals surface area contributed by atoms with Crippen LogP contribution in [0, 0.1) is 0 Å². The maximum Gasteiger partial charge on any atom is 0.338 e. The van der Waals surface area contributed by atoms with Gasteiger partial charge in [0.15, 0.2) is 11.5 Å². The van der Waals surface area contributed by atoms with Crippen LogP contribution in [0.1, 0.15) is 18.5 Å². The second kappa shape index (κ2) is 9.15.